The van der Waals surface area contributed by atoms with Crippen molar-refractivity contribution < 1.29 is 4.79 Å². The summed E-state index contributed by atoms with van der Waals surface area (Å²) in [5.41, 5.74) is 3.80. The third kappa shape index (κ3) is 4.20. The number of amides is 1. The molecule has 3 rings (SSSR count). The monoisotopic (exact) mass is 352 g/mol. The Kier molecular flexibility index (Phi) is 5.85. The van der Waals surface area contributed by atoms with Crippen molar-refractivity contribution in [2.24, 2.45) is 11.8 Å². The number of benzene rings is 1. The standard InChI is InChI=1S/C23H32N2O/c1-17(2)19(4)25(23(26)21-10-6-11-21)16-22-12-7-13-24(22)15-20-9-5-8-18(3)14-20/h5,7-9,12-14,17,19,21H,6,10-11,15-16H2,1-4H3. The predicted octanol–water partition coefficient (Wildman–Crippen LogP) is 5.02. The van der Waals surface area contributed by atoms with Gasteiger partial charge in [0.05, 0.1) is 6.54 Å². The number of nitrogens with zero attached hydrogens (tertiary/aromatic N) is 2. The van der Waals surface area contributed by atoms with E-state index in [1.54, 1.807) is 0 Å². The average Bonchev–Trinajstić information content (AvgIpc) is 2.97. The zero-order valence-electron chi connectivity index (χ0n) is 16.6. The molecule has 1 atom stereocenters. The Morgan fingerprint density at radius 2 is 1.96 bits per heavy atom. The lowest BCUT2D eigenvalue weighted by molar-refractivity contribution is -0.142. The summed E-state index contributed by atoms with van der Waals surface area (Å²) < 4.78 is 2.28. The van der Waals surface area contributed by atoms with Crippen LogP contribution in [-0.4, -0.2) is 21.4 Å². The predicted molar refractivity (Wildman–Crippen MR) is 107 cm³/mol. The van der Waals surface area contributed by atoms with Crippen LogP contribution in [0.15, 0.2) is 42.6 Å². The summed E-state index contributed by atoms with van der Waals surface area (Å²) >= 11 is 0. The molecule has 1 heterocycles. The molecule has 1 aromatic heterocycles. The van der Waals surface area contributed by atoms with Crippen LogP contribution in [0, 0.1) is 18.8 Å². The first kappa shape index (κ1) is 18.8. The quantitative estimate of drug-likeness (QED) is 0.687. The van der Waals surface area contributed by atoms with Gasteiger partial charge in [0, 0.05) is 30.4 Å². The van der Waals surface area contributed by atoms with Crippen molar-refractivity contribution in [1.82, 2.24) is 9.47 Å². The van der Waals surface area contributed by atoms with Gasteiger partial charge in [0.25, 0.3) is 0 Å². The van der Waals surface area contributed by atoms with E-state index in [-0.39, 0.29) is 12.0 Å². The van der Waals surface area contributed by atoms with E-state index >= 15 is 0 Å². The van der Waals surface area contributed by atoms with Gasteiger partial charge in [-0.2, -0.15) is 0 Å². The lowest BCUT2D eigenvalue weighted by atomic mass is 9.83. The molecule has 1 saturated carbocycles. The number of carbonyl (C=O) groups excluding carboxylic acids is 1. The molecule has 26 heavy (non-hydrogen) atoms. The molecule has 2 aromatic rings. The van der Waals surface area contributed by atoms with E-state index < -0.39 is 0 Å². The smallest absolute Gasteiger partial charge is 0.226 e. The fourth-order valence-electron chi connectivity index (χ4n) is 3.60. The molecule has 3 nitrogen and oxygen atoms in total. The molecule has 0 N–H and O–H groups in total. The van der Waals surface area contributed by atoms with Crippen LogP contribution in [0.5, 0.6) is 0 Å². The number of aromatic nitrogens is 1. The van der Waals surface area contributed by atoms with Gasteiger partial charge in [-0.1, -0.05) is 50.1 Å². The molecule has 1 aliphatic carbocycles. The zero-order chi connectivity index (χ0) is 18.7. The summed E-state index contributed by atoms with van der Waals surface area (Å²) in [5, 5.41) is 0. The first-order valence-electron chi connectivity index (χ1n) is 9.95. The first-order chi connectivity index (χ1) is 12.5. The van der Waals surface area contributed by atoms with E-state index in [2.05, 4.69) is 79.8 Å². The minimum atomic E-state index is 0.247. The molecular formula is C23H32N2O. The number of hydrogen-bond acceptors (Lipinski definition) is 1. The van der Waals surface area contributed by atoms with Gasteiger partial charge in [-0.3, -0.25) is 4.79 Å². The molecule has 1 aliphatic rings. The Bertz CT molecular complexity index is 742. The van der Waals surface area contributed by atoms with Gasteiger partial charge < -0.3 is 9.47 Å². The van der Waals surface area contributed by atoms with Crippen LogP contribution in [0.1, 0.15) is 56.9 Å². The third-order valence-corrected chi connectivity index (χ3v) is 5.89. The Morgan fingerprint density at radius 3 is 2.58 bits per heavy atom. The minimum absolute atomic E-state index is 0.247. The molecule has 1 aromatic carbocycles. The van der Waals surface area contributed by atoms with Crippen molar-refractivity contribution in [3.8, 4) is 0 Å². The number of hydrogen-bond donors (Lipinski definition) is 0. The van der Waals surface area contributed by atoms with E-state index in [0.717, 1.165) is 19.4 Å². The van der Waals surface area contributed by atoms with Crippen molar-refractivity contribution in [1.29, 1.82) is 0 Å². The van der Waals surface area contributed by atoms with Gasteiger partial charge in [0.2, 0.25) is 5.91 Å². The molecular weight excluding hydrogens is 320 g/mol. The van der Waals surface area contributed by atoms with E-state index in [1.807, 2.05) is 0 Å². The second kappa shape index (κ2) is 8.11. The number of carbonyl (C=O) groups is 1. The second-order valence-electron chi connectivity index (χ2n) is 8.20. The topological polar surface area (TPSA) is 25.2 Å². The van der Waals surface area contributed by atoms with Crippen molar-refractivity contribution >= 4 is 5.91 Å². The summed E-state index contributed by atoms with van der Waals surface area (Å²) in [6, 6.07) is 13.2. The molecule has 0 bridgehead atoms. The molecule has 0 aliphatic heterocycles. The van der Waals surface area contributed by atoms with Crippen LogP contribution in [-0.2, 0) is 17.9 Å². The van der Waals surface area contributed by atoms with E-state index in [9.17, 15) is 4.79 Å². The van der Waals surface area contributed by atoms with E-state index in [4.69, 9.17) is 0 Å². The lowest BCUT2D eigenvalue weighted by Crippen LogP contribution is -2.45. The van der Waals surface area contributed by atoms with Gasteiger partial charge in [0.15, 0.2) is 0 Å². The maximum absolute atomic E-state index is 13.0. The highest BCUT2D eigenvalue weighted by molar-refractivity contribution is 5.79. The minimum Gasteiger partial charge on any atom is -0.345 e. The van der Waals surface area contributed by atoms with Crippen LogP contribution in [0.4, 0.5) is 0 Å². The normalized spacial score (nSPS) is 15.7. The van der Waals surface area contributed by atoms with Crippen LogP contribution in [0.25, 0.3) is 0 Å². The van der Waals surface area contributed by atoms with Gasteiger partial charge in [-0.25, -0.2) is 0 Å². The highest BCUT2D eigenvalue weighted by Crippen LogP contribution is 2.30. The first-order valence-corrected chi connectivity index (χ1v) is 9.95. The average molecular weight is 353 g/mol. The van der Waals surface area contributed by atoms with Crippen LogP contribution in [0.2, 0.25) is 0 Å². The molecule has 1 unspecified atom stereocenters. The third-order valence-electron chi connectivity index (χ3n) is 5.89. The SMILES string of the molecule is Cc1cccc(Cn2cccc2CN(C(=O)C2CCC2)C(C)C(C)C)c1. The Morgan fingerprint density at radius 1 is 1.19 bits per heavy atom. The van der Waals surface area contributed by atoms with Crippen LogP contribution >= 0.6 is 0 Å². The molecule has 0 saturated heterocycles. The van der Waals surface area contributed by atoms with Gasteiger partial charge in [-0.15, -0.1) is 0 Å². The Hall–Kier alpha value is -2.03. The highest BCUT2D eigenvalue weighted by Gasteiger charge is 2.32. The van der Waals surface area contributed by atoms with Crippen LogP contribution < -0.4 is 0 Å². The highest BCUT2D eigenvalue weighted by atomic mass is 16.2. The summed E-state index contributed by atoms with van der Waals surface area (Å²) in [6.45, 7) is 10.3. The Balaban J connectivity index is 1.78. The summed E-state index contributed by atoms with van der Waals surface area (Å²) in [5.74, 6) is 1.05. The molecule has 1 amide bonds. The van der Waals surface area contributed by atoms with E-state index in [1.165, 1.54) is 23.2 Å². The summed E-state index contributed by atoms with van der Waals surface area (Å²) in [4.78, 5) is 15.2. The second-order valence-corrected chi connectivity index (χ2v) is 8.20. The summed E-state index contributed by atoms with van der Waals surface area (Å²) in [6.07, 6.45) is 5.45. The zero-order valence-corrected chi connectivity index (χ0v) is 16.6. The largest absolute Gasteiger partial charge is 0.345 e. The molecule has 0 radical (unpaired) electrons. The van der Waals surface area contributed by atoms with Gasteiger partial charge in [-0.05, 0) is 50.3 Å². The van der Waals surface area contributed by atoms with Crippen LogP contribution in [0.3, 0.4) is 0 Å². The maximum atomic E-state index is 13.0. The van der Waals surface area contributed by atoms with Crippen molar-refractivity contribution in [2.45, 2.75) is 66.1 Å². The molecule has 1 fully saturated rings. The number of rotatable bonds is 7. The Labute approximate surface area is 158 Å². The van der Waals surface area contributed by atoms with Gasteiger partial charge >= 0.3 is 0 Å². The molecule has 0 spiro atoms. The fourth-order valence-corrected chi connectivity index (χ4v) is 3.60. The van der Waals surface area contributed by atoms with Crippen molar-refractivity contribution in [3.63, 3.8) is 0 Å². The van der Waals surface area contributed by atoms with Gasteiger partial charge in [0.1, 0.15) is 0 Å². The van der Waals surface area contributed by atoms with Crippen molar-refractivity contribution in [3.05, 3.63) is 59.4 Å². The lowest BCUT2D eigenvalue weighted by Gasteiger charge is -2.37. The molecule has 140 valence electrons. The fraction of sp³-hybridized carbons (Fsp3) is 0.522. The van der Waals surface area contributed by atoms with Crippen molar-refractivity contribution in [2.75, 3.05) is 0 Å². The maximum Gasteiger partial charge on any atom is 0.226 e. The summed E-state index contributed by atoms with van der Waals surface area (Å²) in [7, 11) is 0. The molecule has 3 heteroatoms. The van der Waals surface area contributed by atoms with E-state index in [0.29, 0.717) is 18.4 Å². The number of aryl methyl sites for hydroxylation is 1.